The number of hydrogen-bond donors (Lipinski definition) is 1. The molecule has 0 saturated carbocycles. The average Bonchev–Trinajstić information content (AvgIpc) is 2.90. The van der Waals surface area contributed by atoms with Crippen LogP contribution in [0.25, 0.3) is 5.82 Å². The fraction of sp³-hybridized carbons (Fsp3) is 0.273. The van der Waals surface area contributed by atoms with E-state index in [-0.39, 0.29) is 5.91 Å². The summed E-state index contributed by atoms with van der Waals surface area (Å²) in [5.74, 6) is 0.383. The second-order valence-corrected chi connectivity index (χ2v) is 3.48. The standard InChI is InChI=1S/C11H13N5O/c1-2-6-12-11(17)9-4-5-10(15-14-9)16-8-3-7-13-16/h3-5,7-8H,2,6H2,1H3,(H,12,17). The lowest BCUT2D eigenvalue weighted by molar-refractivity contribution is 0.0947. The molecule has 0 unspecified atom stereocenters. The van der Waals surface area contributed by atoms with E-state index in [4.69, 9.17) is 0 Å². The lowest BCUT2D eigenvalue weighted by atomic mass is 10.3. The Kier molecular flexibility index (Phi) is 3.44. The predicted molar refractivity (Wildman–Crippen MR) is 61.8 cm³/mol. The van der Waals surface area contributed by atoms with Crippen LogP contribution in [-0.2, 0) is 0 Å². The van der Waals surface area contributed by atoms with E-state index >= 15 is 0 Å². The lowest BCUT2D eigenvalue weighted by Crippen LogP contribution is -2.25. The van der Waals surface area contributed by atoms with Crippen LogP contribution in [0.15, 0.2) is 30.6 Å². The Morgan fingerprint density at radius 3 is 2.88 bits per heavy atom. The molecule has 1 N–H and O–H groups in total. The highest BCUT2D eigenvalue weighted by atomic mass is 16.1. The van der Waals surface area contributed by atoms with Crippen LogP contribution in [0.4, 0.5) is 0 Å². The van der Waals surface area contributed by atoms with Gasteiger partial charge in [-0.2, -0.15) is 5.10 Å². The first kappa shape index (κ1) is 11.3. The van der Waals surface area contributed by atoms with Gasteiger partial charge in [-0.3, -0.25) is 4.79 Å². The Hall–Kier alpha value is -2.24. The molecule has 17 heavy (non-hydrogen) atoms. The largest absolute Gasteiger partial charge is 0.351 e. The maximum absolute atomic E-state index is 11.6. The summed E-state index contributed by atoms with van der Waals surface area (Å²) in [4.78, 5) is 11.6. The molecule has 2 heterocycles. The molecule has 0 radical (unpaired) electrons. The first-order chi connectivity index (χ1) is 8.31. The van der Waals surface area contributed by atoms with Crippen molar-refractivity contribution in [2.24, 2.45) is 0 Å². The topological polar surface area (TPSA) is 72.7 Å². The Balaban J connectivity index is 2.10. The van der Waals surface area contributed by atoms with E-state index in [2.05, 4.69) is 20.6 Å². The quantitative estimate of drug-likeness (QED) is 0.844. The van der Waals surface area contributed by atoms with Crippen LogP contribution < -0.4 is 5.32 Å². The third-order valence-electron chi connectivity index (χ3n) is 2.16. The molecule has 0 aliphatic rings. The van der Waals surface area contributed by atoms with Crippen LogP contribution in [0.3, 0.4) is 0 Å². The van der Waals surface area contributed by atoms with Crippen molar-refractivity contribution in [3.8, 4) is 5.82 Å². The lowest BCUT2D eigenvalue weighted by Gasteiger charge is -2.03. The van der Waals surface area contributed by atoms with E-state index in [0.29, 0.717) is 18.1 Å². The molecular weight excluding hydrogens is 218 g/mol. The Morgan fingerprint density at radius 1 is 1.41 bits per heavy atom. The molecule has 2 aromatic rings. The molecule has 0 bridgehead atoms. The normalized spacial score (nSPS) is 10.2. The van der Waals surface area contributed by atoms with E-state index in [1.165, 1.54) is 0 Å². The molecular formula is C11H13N5O. The summed E-state index contributed by atoms with van der Waals surface area (Å²) in [6.45, 7) is 2.63. The molecule has 2 aromatic heterocycles. The van der Waals surface area contributed by atoms with Crippen molar-refractivity contribution in [3.05, 3.63) is 36.3 Å². The van der Waals surface area contributed by atoms with Crippen LogP contribution >= 0.6 is 0 Å². The van der Waals surface area contributed by atoms with Gasteiger partial charge >= 0.3 is 0 Å². The summed E-state index contributed by atoms with van der Waals surface area (Å²) >= 11 is 0. The van der Waals surface area contributed by atoms with E-state index in [1.807, 2.05) is 6.92 Å². The van der Waals surface area contributed by atoms with Crippen molar-refractivity contribution < 1.29 is 4.79 Å². The van der Waals surface area contributed by atoms with Crippen LogP contribution in [0.2, 0.25) is 0 Å². The van der Waals surface area contributed by atoms with Crippen LogP contribution in [-0.4, -0.2) is 32.4 Å². The third-order valence-corrected chi connectivity index (χ3v) is 2.16. The van der Waals surface area contributed by atoms with E-state index < -0.39 is 0 Å². The average molecular weight is 231 g/mol. The van der Waals surface area contributed by atoms with Crippen LogP contribution in [0, 0.1) is 0 Å². The number of nitrogens with zero attached hydrogens (tertiary/aromatic N) is 4. The van der Waals surface area contributed by atoms with Gasteiger partial charge in [-0.15, -0.1) is 10.2 Å². The maximum atomic E-state index is 11.6. The highest BCUT2D eigenvalue weighted by Gasteiger charge is 2.07. The van der Waals surface area contributed by atoms with Gasteiger partial charge in [-0.25, -0.2) is 4.68 Å². The van der Waals surface area contributed by atoms with Crippen molar-refractivity contribution in [2.45, 2.75) is 13.3 Å². The van der Waals surface area contributed by atoms with Gasteiger partial charge in [-0.05, 0) is 24.6 Å². The van der Waals surface area contributed by atoms with Gasteiger partial charge in [-0.1, -0.05) is 6.92 Å². The molecule has 2 rings (SSSR count). The summed E-state index contributed by atoms with van der Waals surface area (Å²) < 4.78 is 1.58. The molecule has 1 amide bonds. The fourth-order valence-electron chi connectivity index (χ4n) is 1.30. The molecule has 0 fully saturated rings. The summed E-state index contributed by atoms with van der Waals surface area (Å²) in [6, 6.07) is 5.14. The third kappa shape index (κ3) is 2.66. The smallest absolute Gasteiger partial charge is 0.271 e. The number of hydrogen-bond acceptors (Lipinski definition) is 4. The Morgan fingerprint density at radius 2 is 2.29 bits per heavy atom. The van der Waals surface area contributed by atoms with Crippen molar-refractivity contribution in [3.63, 3.8) is 0 Å². The van der Waals surface area contributed by atoms with Gasteiger partial charge in [0.15, 0.2) is 11.5 Å². The first-order valence-electron chi connectivity index (χ1n) is 5.43. The minimum absolute atomic E-state index is 0.202. The number of rotatable bonds is 4. The van der Waals surface area contributed by atoms with Gasteiger partial charge in [0, 0.05) is 18.9 Å². The summed E-state index contributed by atoms with van der Waals surface area (Å²) in [7, 11) is 0. The Labute approximate surface area is 98.7 Å². The predicted octanol–water partition coefficient (Wildman–Crippen LogP) is 0.802. The minimum Gasteiger partial charge on any atom is -0.351 e. The van der Waals surface area contributed by atoms with E-state index in [9.17, 15) is 4.79 Å². The number of carbonyl (C=O) groups excluding carboxylic acids is 1. The maximum Gasteiger partial charge on any atom is 0.271 e. The molecule has 6 heteroatoms. The second kappa shape index (κ2) is 5.20. The zero-order valence-electron chi connectivity index (χ0n) is 9.50. The molecule has 0 saturated heterocycles. The highest BCUT2D eigenvalue weighted by molar-refractivity contribution is 5.92. The molecule has 88 valence electrons. The van der Waals surface area contributed by atoms with Gasteiger partial charge in [0.25, 0.3) is 5.91 Å². The second-order valence-electron chi connectivity index (χ2n) is 3.48. The molecule has 0 atom stereocenters. The van der Waals surface area contributed by atoms with Gasteiger partial charge < -0.3 is 5.32 Å². The number of amides is 1. The Bertz CT molecular complexity index is 477. The number of nitrogens with one attached hydrogen (secondary N) is 1. The van der Waals surface area contributed by atoms with Gasteiger partial charge in [0.05, 0.1) is 0 Å². The minimum atomic E-state index is -0.202. The summed E-state index contributed by atoms with van der Waals surface area (Å²) in [5, 5.41) is 14.6. The van der Waals surface area contributed by atoms with Crippen molar-refractivity contribution >= 4 is 5.91 Å². The summed E-state index contributed by atoms with van der Waals surface area (Å²) in [5.41, 5.74) is 0.314. The number of carbonyl (C=O) groups is 1. The summed E-state index contributed by atoms with van der Waals surface area (Å²) in [6.07, 6.45) is 4.31. The zero-order valence-corrected chi connectivity index (χ0v) is 9.50. The van der Waals surface area contributed by atoms with Crippen LogP contribution in [0.1, 0.15) is 23.8 Å². The molecule has 0 spiro atoms. The van der Waals surface area contributed by atoms with Crippen molar-refractivity contribution in [2.75, 3.05) is 6.54 Å². The van der Waals surface area contributed by atoms with E-state index in [0.717, 1.165) is 6.42 Å². The van der Waals surface area contributed by atoms with Gasteiger partial charge in [0.2, 0.25) is 0 Å². The monoisotopic (exact) mass is 231 g/mol. The highest BCUT2D eigenvalue weighted by Crippen LogP contribution is 2.01. The molecule has 6 nitrogen and oxygen atoms in total. The first-order valence-corrected chi connectivity index (χ1v) is 5.43. The SMILES string of the molecule is CCCNC(=O)c1ccc(-n2cccn2)nn1. The van der Waals surface area contributed by atoms with Crippen LogP contribution in [0.5, 0.6) is 0 Å². The van der Waals surface area contributed by atoms with Crippen molar-refractivity contribution in [1.29, 1.82) is 0 Å². The van der Waals surface area contributed by atoms with Crippen molar-refractivity contribution in [1.82, 2.24) is 25.3 Å². The molecule has 0 aliphatic carbocycles. The van der Waals surface area contributed by atoms with E-state index in [1.54, 1.807) is 35.3 Å². The fourth-order valence-corrected chi connectivity index (χ4v) is 1.30. The van der Waals surface area contributed by atoms with Gasteiger partial charge in [0.1, 0.15) is 0 Å². The zero-order chi connectivity index (χ0) is 12.1. The molecule has 0 aromatic carbocycles. The molecule has 0 aliphatic heterocycles. The number of aromatic nitrogens is 4.